The van der Waals surface area contributed by atoms with Crippen molar-refractivity contribution < 1.29 is 24.0 Å². The molecule has 21 heavy (non-hydrogen) atoms. The van der Waals surface area contributed by atoms with Gasteiger partial charge in [0.1, 0.15) is 0 Å². The average molecular weight is 298 g/mol. The Morgan fingerprint density at radius 3 is 2.62 bits per heavy atom. The fourth-order valence-corrected chi connectivity index (χ4v) is 5.14. The fraction of sp³-hybridized carbons (Fsp3) is 1.00. The minimum absolute atomic E-state index is 0.230. The molecule has 4 saturated heterocycles. The summed E-state index contributed by atoms with van der Waals surface area (Å²) in [6, 6.07) is 0. The van der Waals surface area contributed by atoms with Crippen molar-refractivity contribution in [3.8, 4) is 0 Å². The summed E-state index contributed by atoms with van der Waals surface area (Å²) >= 11 is 0. The topological polar surface area (TPSA) is 46.2 Å². The third-order valence-electron chi connectivity index (χ3n) is 6.33. The Morgan fingerprint density at radius 2 is 1.86 bits per heavy atom. The van der Waals surface area contributed by atoms with Gasteiger partial charge in [-0.05, 0) is 38.0 Å². The lowest BCUT2D eigenvalue weighted by Crippen LogP contribution is -2.70. The number of methoxy groups -OCH3 is 1. The molecule has 5 fully saturated rings. The molecule has 4 aliphatic heterocycles. The monoisotopic (exact) mass is 298 g/mol. The summed E-state index contributed by atoms with van der Waals surface area (Å²) in [4.78, 5) is 11.8. The molecule has 2 bridgehead atoms. The lowest BCUT2D eigenvalue weighted by molar-refractivity contribution is -0.577. The van der Waals surface area contributed by atoms with Crippen molar-refractivity contribution in [3.63, 3.8) is 0 Å². The summed E-state index contributed by atoms with van der Waals surface area (Å²) in [5.74, 6) is 0.953. The van der Waals surface area contributed by atoms with E-state index in [0.29, 0.717) is 17.8 Å². The van der Waals surface area contributed by atoms with Gasteiger partial charge in [0.15, 0.2) is 18.2 Å². The van der Waals surface area contributed by atoms with Crippen LogP contribution in [0.15, 0.2) is 0 Å². The van der Waals surface area contributed by atoms with E-state index in [4.69, 9.17) is 24.0 Å². The standard InChI is InChI=1S/C16H26O5/c1-9-5-6-12-10(2)13(17-4)18-14-16(12)11(9)7-8-15(3,19-14)20-21-16/h9-14H,5-8H2,1-4H3/t9-,10-,11?,12?,13+,14?,15+,16-/m1/s1. The van der Waals surface area contributed by atoms with Crippen molar-refractivity contribution in [2.75, 3.05) is 7.11 Å². The van der Waals surface area contributed by atoms with Gasteiger partial charge in [0.25, 0.3) is 0 Å². The Labute approximate surface area is 126 Å². The third-order valence-corrected chi connectivity index (χ3v) is 6.33. The van der Waals surface area contributed by atoms with Gasteiger partial charge in [0, 0.05) is 25.4 Å². The van der Waals surface area contributed by atoms with Gasteiger partial charge in [-0.15, -0.1) is 0 Å². The summed E-state index contributed by atoms with van der Waals surface area (Å²) in [7, 11) is 1.70. The first-order valence-electron chi connectivity index (χ1n) is 8.23. The lowest BCUT2D eigenvalue weighted by Gasteiger charge is -2.60. The average Bonchev–Trinajstić information content (AvgIpc) is 2.69. The molecule has 5 rings (SSSR count). The van der Waals surface area contributed by atoms with Crippen LogP contribution in [-0.4, -0.2) is 31.1 Å². The maximum absolute atomic E-state index is 6.21. The normalized spacial score (nSPS) is 59.4. The summed E-state index contributed by atoms with van der Waals surface area (Å²) in [5.41, 5.74) is -0.470. The lowest BCUT2D eigenvalue weighted by atomic mass is 9.58. The highest BCUT2D eigenvalue weighted by atomic mass is 17.3. The quantitative estimate of drug-likeness (QED) is 0.697. The zero-order chi connectivity index (χ0) is 14.8. The van der Waals surface area contributed by atoms with E-state index < -0.39 is 17.7 Å². The number of hydrogen-bond acceptors (Lipinski definition) is 5. The maximum Gasteiger partial charge on any atom is 0.201 e. The minimum Gasteiger partial charge on any atom is -0.355 e. The van der Waals surface area contributed by atoms with Crippen molar-refractivity contribution in [2.24, 2.45) is 23.7 Å². The molecule has 5 heteroatoms. The second kappa shape index (κ2) is 4.65. The Hall–Kier alpha value is -0.200. The molecule has 1 spiro atoms. The van der Waals surface area contributed by atoms with E-state index in [2.05, 4.69) is 13.8 Å². The molecule has 3 unspecified atom stereocenters. The van der Waals surface area contributed by atoms with Gasteiger partial charge in [-0.1, -0.05) is 13.8 Å². The van der Waals surface area contributed by atoms with Crippen molar-refractivity contribution in [3.05, 3.63) is 0 Å². The van der Waals surface area contributed by atoms with Crippen LogP contribution in [0.2, 0.25) is 0 Å². The van der Waals surface area contributed by atoms with Crippen LogP contribution in [0.1, 0.15) is 46.5 Å². The van der Waals surface area contributed by atoms with Gasteiger partial charge in [-0.25, -0.2) is 9.78 Å². The largest absolute Gasteiger partial charge is 0.355 e. The van der Waals surface area contributed by atoms with Crippen molar-refractivity contribution in [1.82, 2.24) is 0 Å². The van der Waals surface area contributed by atoms with Crippen molar-refractivity contribution >= 4 is 0 Å². The van der Waals surface area contributed by atoms with E-state index >= 15 is 0 Å². The first-order chi connectivity index (χ1) is 10.00. The molecule has 0 aromatic rings. The summed E-state index contributed by atoms with van der Waals surface area (Å²) < 4.78 is 17.9. The van der Waals surface area contributed by atoms with Gasteiger partial charge >= 0.3 is 0 Å². The fourth-order valence-electron chi connectivity index (χ4n) is 5.14. The minimum atomic E-state index is -0.698. The molecule has 5 nitrogen and oxygen atoms in total. The van der Waals surface area contributed by atoms with Gasteiger partial charge < -0.3 is 14.2 Å². The Balaban J connectivity index is 1.79. The van der Waals surface area contributed by atoms with Crippen LogP contribution in [0.3, 0.4) is 0 Å². The molecule has 0 N–H and O–H groups in total. The van der Waals surface area contributed by atoms with Crippen LogP contribution in [0.4, 0.5) is 0 Å². The van der Waals surface area contributed by atoms with E-state index in [1.807, 2.05) is 6.92 Å². The summed E-state index contributed by atoms with van der Waals surface area (Å²) in [6.07, 6.45) is 3.64. The SMILES string of the molecule is CO[C@H]1OC2O[C@]3(C)CCC4[C@H](C)CCC([C@H]1C)[C@@]24OO3. The molecule has 4 heterocycles. The van der Waals surface area contributed by atoms with Gasteiger partial charge in [0.2, 0.25) is 5.79 Å². The predicted octanol–water partition coefficient (Wildman–Crippen LogP) is 2.84. The molecule has 0 amide bonds. The van der Waals surface area contributed by atoms with Gasteiger partial charge in [-0.3, -0.25) is 0 Å². The van der Waals surface area contributed by atoms with E-state index in [1.165, 1.54) is 6.42 Å². The zero-order valence-electron chi connectivity index (χ0n) is 13.3. The molecule has 120 valence electrons. The highest BCUT2D eigenvalue weighted by Gasteiger charge is 2.69. The summed E-state index contributed by atoms with van der Waals surface area (Å²) in [6.45, 7) is 6.46. The van der Waals surface area contributed by atoms with E-state index in [-0.39, 0.29) is 12.2 Å². The molecular formula is C16H26O5. The first-order valence-corrected chi connectivity index (χ1v) is 8.23. The van der Waals surface area contributed by atoms with Crippen LogP contribution in [-0.2, 0) is 24.0 Å². The van der Waals surface area contributed by atoms with E-state index in [9.17, 15) is 0 Å². The predicted molar refractivity (Wildman–Crippen MR) is 73.8 cm³/mol. The molecule has 1 saturated carbocycles. The summed E-state index contributed by atoms with van der Waals surface area (Å²) in [5, 5.41) is 0. The second-order valence-corrected chi connectivity index (χ2v) is 7.51. The maximum atomic E-state index is 6.21. The zero-order valence-corrected chi connectivity index (χ0v) is 13.3. The Bertz CT molecular complexity index is 429. The highest BCUT2D eigenvalue weighted by molar-refractivity contribution is 5.08. The molecule has 0 radical (unpaired) electrons. The van der Waals surface area contributed by atoms with Crippen LogP contribution in [0.5, 0.6) is 0 Å². The second-order valence-electron chi connectivity index (χ2n) is 7.51. The first kappa shape index (κ1) is 14.4. The van der Waals surface area contributed by atoms with E-state index in [1.54, 1.807) is 7.11 Å². The number of hydrogen-bond donors (Lipinski definition) is 0. The van der Waals surface area contributed by atoms with E-state index in [0.717, 1.165) is 19.3 Å². The number of rotatable bonds is 1. The number of fused-ring (bicyclic) bond motifs is 2. The van der Waals surface area contributed by atoms with Crippen molar-refractivity contribution in [2.45, 2.75) is 70.4 Å². The van der Waals surface area contributed by atoms with Crippen LogP contribution < -0.4 is 0 Å². The van der Waals surface area contributed by atoms with Crippen LogP contribution >= 0.6 is 0 Å². The number of ether oxygens (including phenoxy) is 3. The van der Waals surface area contributed by atoms with Gasteiger partial charge in [0.05, 0.1) is 0 Å². The van der Waals surface area contributed by atoms with Crippen LogP contribution in [0.25, 0.3) is 0 Å². The third kappa shape index (κ3) is 1.81. The van der Waals surface area contributed by atoms with Gasteiger partial charge in [-0.2, -0.15) is 0 Å². The highest BCUT2D eigenvalue weighted by Crippen LogP contribution is 2.60. The molecule has 0 aromatic heterocycles. The smallest absolute Gasteiger partial charge is 0.201 e. The Kier molecular flexibility index (Phi) is 3.19. The van der Waals surface area contributed by atoms with Crippen LogP contribution in [0, 0.1) is 23.7 Å². The Morgan fingerprint density at radius 1 is 1.05 bits per heavy atom. The molecule has 5 aliphatic rings. The van der Waals surface area contributed by atoms with Crippen molar-refractivity contribution in [1.29, 1.82) is 0 Å². The molecular weight excluding hydrogens is 272 g/mol. The molecule has 8 atom stereocenters. The molecule has 0 aromatic carbocycles. The molecule has 1 aliphatic carbocycles.